The number of allylic oxidation sites excluding steroid dienone is 2. The van der Waals surface area contributed by atoms with Gasteiger partial charge in [-0.25, -0.2) is 14.4 Å². The molecule has 242 valence electrons. The summed E-state index contributed by atoms with van der Waals surface area (Å²) in [5.41, 5.74) is 6.29. The van der Waals surface area contributed by atoms with E-state index in [9.17, 15) is 29.7 Å². The molecule has 0 spiro atoms. The van der Waals surface area contributed by atoms with Crippen LogP contribution in [-0.4, -0.2) is 39.0 Å². The lowest BCUT2D eigenvalue weighted by Crippen LogP contribution is -2.43. The van der Waals surface area contributed by atoms with E-state index in [2.05, 4.69) is 18.2 Å². The quantitative estimate of drug-likeness (QED) is 0.126. The normalized spacial score (nSPS) is 14.0. The number of aromatic carboxylic acids is 3. The van der Waals surface area contributed by atoms with Crippen LogP contribution in [0.3, 0.4) is 0 Å². The zero-order valence-electron chi connectivity index (χ0n) is 25.8. The third-order valence-electron chi connectivity index (χ3n) is 8.41. The van der Waals surface area contributed by atoms with Crippen LogP contribution in [-0.2, 0) is 6.42 Å². The van der Waals surface area contributed by atoms with Crippen molar-refractivity contribution in [3.8, 4) is 28.4 Å². The summed E-state index contributed by atoms with van der Waals surface area (Å²) < 4.78 is 19.5. The first-order valence-corrected chi connectivity index (χ1v) is 15.4. The van der Waals surface area contributed by atoms with E-state index in [0.29, 0.717) is 11.5 Å². The molecule has 0 heterocycles. The van der Waals surface area contributed by atoms with Gasteiger partial charge < -0.3 is 29.5 Å². The Hall–Kier alpha value is -6.61. The zero-order chi connectivity index (χ0) is 34.1. The minimum Gasteiger partial charge on any atom is -0.478 e. The number of fused-ring (bicyclic) bond motifs is 3. The topological polar surface area (TPSA) is 140 Å². The van der Waals surface area contributed by atoms with Gasteiger partial charge in [-0.05, 0) is 101 Å². The maximum atomic E-state index is 11.8. The first-order chi connectivity index (χ1) is 23.7. The number of carboxylic acid groups (broad SMARTS) is 3. The Kier molecular flexibility index (Phi) is 7.93. The molecule has 0 amide bonds. The van der Waals surface area contributed by atoms with Crippen LogP contribution in [0.15, 0.2) is 133 Å². The van der Waals surface area contributed by atoms with Gasteiger partial charge in [-0.2, -0.15) is 0 Å². The lowest BCUT2D eigenvalue weighted by molar-refractivity contribution is -0.0757. The summed E-state index contributed by atoms with van der Waals surface area (Å²) in [4.78, 5) is 35.1. The highest BCUT2D eigenvalue weighted by Gasteiger charge is 2.40. The molecule has 49 heavy (non-hydrogen) atoms. The van der Waals surface area contributed by atoms with Crippen molar-refractivity contribution in [1.29, 1.82) is 0 Å². The summed E-state index contributed by atoms with van der Waals surface area (Å²) in [5.74, 6) is -3.79. The molecular formula is C40H28O9. The van der Waals surface area contributed by atoms with Crippen LogP contribution < -0.4 is 14.2 Å². The number of ether oxygens (including phenoxy) is 3. The molecule has 5 aromatic rings. The van der Waals surface area contributed by atoms with E-state index in [0.717, 1.165) is 34.2 Å². The maximum absolute atomic E-state index is 11.8. The highest BCUT2D eigenvalue weighted by atomic mass is 16.7. The van der Waals surface area contributed by atoms with Gasteiger partial charge in [-0.3, -0.25) is 0 Å². The van der Waals surface area contributed by atoms with Gasteiger partial charge in [0.05, 0.1) is 23.1 Å². The molecule has 0 radical (unpaired) electrons. The van der Waals surface area contributed by atoms with Crippen LogP contribution in [0.25, 0.3) is 16.7 Å². The summed E-state index contributed by atoms with van der Waals surface area (Å²) in [6.07, 6.45) is 4.27. The molecule has 0 bridgehead atoms. The fraction of sp³-hybridized carbons (Fsp3) is 0.0750. The van der Waals surface area contributed by atoms with Crippen molar-refractivity contribution < 1.29 is 43.9 Å². The van der Waals surface area contributed by atoms with Crippen molar-refractivity contribution in [2.45, 2.75) is 18.6 Å². The average Bonchev–Trinajstić information content (AvgIpc) is 3.48. The molecule has 0 unspecified atom stereocenters. The number of benzene rings is 5. The Morgan fingerprint density at radius 3 is 1.78 bits per heavy atom. The minimum atomic E-state index is -1.63. The van der Waals surface area contributed by atoms with Crippen molar-refractivity contribution in [2.24, 2.45) is 0 Å². The molecule has 0 atom stereocenters. The van der Waals surface area contributed by atoms with E-state index in [4.69, 9.17) is 14.2 Å². The van der Waals surface area contributed by atoms with Crippen LogP contribution in [0.1, 0.15) is 54.2 Å². The van der Waals surface area contributed by atoms with E-state index in [-0.39, 0.29) is 34.6 Å². The predicted octanol–water partition coefficient (Wildman–Crippen LogP) is 7.96. The van der Waals surface area contributed by atoms with Crippen LogP contribution in [0.5, 0.6) is 17.2 Å². The van der Waals surface area contributed by atoms with Crippen LogP contribution in [0, 0.1) is 0 Å². The second-order valence-corrected chi connectivity index (χ2v) is 11.6. The summed E-state index contributed by atoms with van der Waals surface area (Å²) in [6.45, 7) is 0. The van der Waals surface area contributed by atoms with E-state index >= 15 is 0 Å². The molecule has 0 fully saturated rings. The number of carboxylic acids is 3. The smallest absolute Gasteiger partial charge is 0.335 e. The Bertz CT molecular complexity index is 2130. The molecule has 5 aromatic carbocycles. The SMILES string of the molecule is O=C(O)c1ccc(OC2=C(c3cccc4c3-c3ccccc3C4)C=CC(Oc3cccc(C(=O)O)c3)(Oc3cccc(C(=O)O)c3)C2)cc1. The van der Waals surface area contributed by atoms with E-state index < -0.39 is 23.7 Å². The van der Waals surface area contributed by atoms with Crippen LogP contribution in [0.2, 0.25) is 0 Å². The fourth-order valence-corrected chi connectivity index (χ4v) is 6.18. The second-order valence-electron chi connectivity index (χ2n) is 11.6. The molecule has 0 aromatic heterocycles. The summed E-state index contributed by atoms with van der Waals surface area (Å²) in [5, 5.41) is 28.7. The van der Waals surface area contributed by atoms with Gasteiger partial charge in [0, 0.05) is 11.6 Å². The van der Waals surface area contributed by atoms with Gasteiger partial charge in [0.2, 0.25) is 0 Å². The van der Waals surface area contributed by atoms with E-state index in [1.165, 1.54) is 42.0 Å². The van der Waals surface area contributed by atoms with Crippen molar-refractivity contribution in [1.82, 2.24) is 0 Å². The molecule has 7 rings (SSSR count). The number of rotatable bonds is 10. The zero-order valence-corrected chi connectivity index (χ0v) is 25.8. The molecule has 3 N–H and O–H groups in total. The van der Waals surface area contributed by atoms with Crippen LogP contribution >= 0.6 is 0 Å². The van der Waals surface area contributed by atoms with Crippen molar-refractivity contribution in [3.63, 3.8) is 0 Å². The Morgan fingerprint density at radius 1 is 0.571 bits per heavy atom. The highest BCUT2D eigenvalue weighted by Crippen LogP contribution is 2.45. The average molecular weight is 653 g/mol. The first-order valence-electron chi connectivity index (χ1n) is 15.4. The third kappa shape index (κ3) is 6.25. The molecule has 0 aliphatic heterocycles. The van der Waals surface area contributed by atoms with Crippen molar-refractivity contribution >= 4 is 23.5 Å². The monoisotopic (exact) mass is 652 g/mol. The van der Waals surface area contributed by atoms with Crippen molar-refractivity contribution in [3.05, 3.63) is 167 Å². The molecular weight excluding hydrogens is 624 g/mol. The first kappa shape index (κ1) is 31.0. The van der Waals surface area contributed by atoms with Gasteiger partial charge in [0.15, 0.2) is 0 Å². The highest BCUT2D eigenvalue weighted by molar-refractivity contribution is 5.92. The molecule has 9 heteroatoms. The standard InChI is InChI=1S/C40H28O9/c41-37(42)24-14-16-29(17-15-24)47-35-23-40(48-30-10-3-8-27(21-30)38(43)44,49-31-11-4-9-28(22-31)39(45)46)19-18-33(35)34-13-5-7-26-20-25-6-1-2-12-32(25)36(26)34/h1-19,21-22H,20,23H2,(H,41,42)(H,43,44)(H,45,46). The number of carbonyl (C=O) groups is 3. The fourth-order valence-electron chi connectivity index (χ4n) is 6.18. The van der Waals surface area contributed by atoms with Gasteiger partial charge in [0.1, 0.15) is 23.0 Å². The lowest BCUT2D eigenvalue weighted by atomic mass is 9.88. The van der Waals surface area contributed by atoms with Gasteiger partial charge in [0.25, 0.3) is 5.79 Å². The summed E-state index contributed by atoms with van der Waals surface area (Å²) in [6, 6.07) is 32.3. The maximum Gasteiger partial charge on any atom is 0.335 e. The van der Waals surface area contributed by atoms with Gasteiger partial charge >= 0.3 is 17.9 Å². The van der Waals surface area contributed by atoms with Gasteiger partial charge in [-0.1, -0.05) is 54.6 Å². The molecule has 0 saturated carbocycles. The minimum absolute atomic E-state index is 0.00468. The Balaban J connectivity index is 1.37. The van der Waals surface area contributed by atoms with Crippen LogP contribution in [0.4, 0.5) is 0 Å². The van der Waals surface area contributed by atoms with Gasteiger partial charge in [-0.15, -0.1) is 0 Å². The largest absolute Gasteiger partial charge is 0.478 e. The molecule has 2 aliphatic rings. The predicted molar refractivity (Wildman–Crippen MR) is 180 cm³/mol. The molecule has 2 aliphatic carbocycles. The second kappa shape index (κ2) is 12.5. The summed E-state index contributed by atoms with van der Waals surface area (Å²) in [7, 11) is 0. The Morgan fingerprint density at radius 2 is 1.14 bits per heavy atom. The number of hydrogen-bond acceptors (Lipinski definition) is 6. The lowest BCUT2D eigenvalue weighted by Gasteiger charge is -2.36. The molecule has 0 saturated heterocycles. The Labute approximate surface area is 280 Å². The summed E-state index contributed by atoms with van der Waals surface area (Å²) >= 11 is 0. The van der Waals surface area contributed by atoms with E-state index in [1.807, 2.05) is 30.3 Å². The van der Waals surface area contributed by atoms with Crippen molar-refractivity contribution in [2.75, 3.05) is 0 Å². The van der Waals surface area contributed by atoms with E-state index in [1.54, 1.807) is 42.5 Å². The third-order valence-corrected chi connectivity index (χ3v) is 8.41. The molecule has 9 nitrogen and oxygen atoms in total. The number of hydrogen-bond donors (Lipinski definition) is 3.